The molecule has 2 aliphatic rings. The van der Waals surface area contributed by atoms with Gasteiger partial charge in [-0.3, -0.25) is 0 Å². The first-order valence-corrected chi connectivity index (χ1v) is 5.27. The molecule has 2 unspecified atom stereocenters. The van der Waals surface area contributed by atoms with Crippen molar-refractivity contribution < 1.29 is 0 Å². The molecule has 2 aliphatic heterocycles. The van der Waals surface area contributed by atoms with Crippen molar-refractivity contribution in [1.82, 2.24) is 10.6 Å². The van der Waals surface area contributed by atoms with E-state index in [1.165, 1.54) is 45.3 Å². The lowest BCUT2D eigenvalue weighted by Gasteiger charge is -2.37. The summed E-state index contributed by atoms with van der Waals surface area (Å²) in [6.45, 7) is 6.08. The Labute approximate surface area is 75.1 Å². The summed E-state index contributed by atoms with van der Waals surface area (Å²) in [7, 11) is 0. The minimum absolute atomic E-state index is 0.452. The van der Waals surface area contributed by atoms with E-state index in [2.05, 4.69) is 17.6 Å². The van der Waals surface area contributed by atoms with Gasteiger partial charge in [0.05, 0.1) is 0 Å². The number of nitrogens with one attached hydrogen (secondary N) is 2. The molecule has 12 heavy (non-hydrogen) atoms. The van der Waals surface area contributed by atoms with Gasteiger partial charge in [-0.05, 0) is 58.2 Å². The van der Waals surface area contributed by atoms with Crippen LogP contribution in [0.25, 0.3) is 0 Å². The molecule has 0 aromatic rings. The van der Waals surface area contributed by atoms with Crippen molar-refractivity contribution in [2.24, 2.45) is 5.92 Å². The zero-order chi connectivity index (χ0) is 8.44. The van der Waals surface area contributed by atoms with Gasteiger partial charge in [0.15, 0.2) is 0 Å². The molecule has 2 N–H and O–H groups in total. The van der Waals surface area contributed by atoms with Gasteiger partial charge < -0.3 is 10.6 Å². The van der Waals surface area contributed by atoms with Crippen LogP contribution in [0, 0.1) is 5.92 Å². The van der Waals surface area contributed by atoms with E-state index in [0.29, 0.717) is 5.54 Å². The quantitative estimate of drug-likeness (QED) is 0.613. The third-order valence-electron chi connectivity index (χ3n) is 3.60. The highest BCUT2D eigenvalue weighted by atomic mass is 15.0. The summed E-state index contributed by atoms with van der Waals surface area (Å²) in [6.07, 6.45) is 5.52. The van der Waals surface area contributed by atoms with E-state index < -0.39 is 0 Å². The Morgan fingerprint density at radius 1 is 1.25 bits per heavy atom. The Morgan fingerprint density at radius 2 is 2.17 bits per heavy atom. The van der Waals surface area contributed by atoms with Crippen LogP contribution in [0.5, 0.6) is 0 Å². The Morgan fingerprint density at radius 3 is 2.75 bits per heavy atom. The van der Waals surface area contributed by atoms with Crippen molar-refractivity contribution in [3.8, 4) is 0 Å². The van der Waals surface area contributed by atoms with E-state index in [1.54, 1.807) is 0 Å². The highest BCUT2D eigenvalue weighted by molar-refractivity contribution is 4.96. The molecule has 2 heteroatoms. The van der Waals surface area contributed by atoms with Crippen LogP contribution < -0.4 is 10.6 Å². The van der Waals surface area contributed by atoms with Gasteiger partial charge in [-0.1, -0.05) is 0 Å². The number of piperidine rings is 1. The molecule has 2 atom stereocenters. The van der Waals surface area contributed by atoms with Crippen molar-refractivity contribution in [2.45, 2.75) is 38.1 Å². The number of hydrogen-bond acceptors (Lipinski definition) is 2. The van der Waals surface area contributed by atoms with E-state index in [0.717, 1.165) is 5.92 Å². The van der Waals surface area contributed by atoms with Gasteiger partial charge in [0.25, 0.3) is 0 Å². The molecular weight excluding hydrogens is 148 g/mol. The standard InChI is InChI=1S/C10H20N2/c1-10(5-3-7-12-10)9-4-2-6-11-8-9/h9,11-12H,2-8H2,1H3. The summed E-state index contributed by atoms with van der Waals surface area (Å²) < 4.78 is 0. The largest absolute Gasteiger partial charge is 0.316 e. The maximum atomic E-state index is 3.66. The van der Waals surface area contributed by atoms with Gasteiger partial charge in [-0.2, -0.15) is 0 Å². The predicted octanol–water partition coefficient (Wildman–Crippen LogP) is 1.13. The van der Waals surface area contributed by atoms with Crippen molar-refractivity contribution in [3.05, 3.63) is 0 Å². The monoisotopic (exact) mass is 168 g/mol. The third kappa shape index (κ3) is 1.50. The molecular formula is C10H20N2. The van der Waals surface area contributed by atoms with Crippen LogP contribution in [0.1, 0.15) is 32.6 Å². The van der Waals surface area contributed by atoms with Crippen molar-refractivity contribution in [3.63, 3.8) is 0 Å². The molecule has 0 amide bonds. The zero-order valence-electron chi connectivity index (χ0n) is 8.03. The van der Waals surface area contributed by atoms with Gasteiger partial charge in [-0.15, -0.1) is 0 Å². The summed E-state index contributed by atoms with van der Waals surface area (Å²) in [6, 6.07) is 0. The maximum absolute atomic E-state index is 3.66. The van der Waals surface area contributed by atoms with Gasteiger partial charge in [0.2, 0.25) is 0 Å². The molecule has 70 valence electrons. The Bertz CT molecular complexity index is 144. The summed E-state index contributed by atoms with van der Waals surface area (Å²) >= 11 is 0. The first kappa shape index (κ1) is 8.52. The maximum Gasteiger partial charge on any atom is 0.0194 e. The normalized spacial score (nSPS) is 43.2. The summed E-state index contributed by atoms with van der Waals surface area (Å²) in [5, 5.41) is 7.16. The molecule has 2 heterocycles. The topological polar surface area (TPSA) is 24.1 Å². The number of rotatable bonds is 1. The molecule has 2 saturated heterocycles. The van der Waals surface area contributed by atoms with Crippen LogP contribution in [0.2, 0.25) is 0 Å². The molecule has 0 aliphatic carbocycles. The van der Waals surface area contributed by atoms with E-state index >= 15 is 0 Å². The minimum atomic E-state index is 0.452. The molecule has 0 spiro atoms. The average molecular weight is 168 g/mol. The van der Waals surface area contributed by atoms with Crippen LogP contribution in [-0.4, -0.2) is 25.2 Å². The van der Waals surface area contributed by atoms with E-state index in [4.69, 9.17) is 0 Å². The SMILES string of the molecule is CC1(C2CCCNC2)CCCN1. The highest BCUT2D eigenvalue weighted by Gasteiger charge is 2.36. The molecule has 2 nitrogen and oxygen atoms in total. The van der Waals surface area contributed by atoms with E-state index in [9.17, 15) is 0 Å². The van der Waals surface area contributed by atoms with E-state index in [1.807, 2.05) is 0 Å². The fraction of sp³-hybridized carbons (Fsp3) is 1.00. The smallest absolute Gasteiger partial charge is 0.0194 e. The van der Waals surface area contributed by atoms with Gasteiger partial charge in [0.1, 0.15) is 0 Å². The molecule has 0 bridgehead atoms. The first-order valence-electron chi connectivity index (χ1n) is 5.27. The Hall–Kier alpha value is -0.0800. The summed E-state index contributed by atoms with van der Waals surface area (Å²) in [5.41, 5.74) is 0.452. The molecule has 0 aromatic carbocycles. The van der Waals surface area contributed by atoms with Crippen LogP contribution in [0.3, 0.4) is 0 Å². The molecule has 0 saturated carbocycles. The lowest BCUT2D eigenvalue weighted by atomic mass is 9.80. The Balaban J connectivity index is 1.96. The zero-order valence-corrected chi connectivity index (χ0v) is 8.03. The Kier molecular flexibility index (Phi) is 2.37. The minimum Gasteiger partial charge on any atom is -0.316 e. The predicted molar refractivity (Wildman–Crippen MR) is 51.2 cm³/mol. The van der Waals surface area contributed by atoms with Crippen molar-refractivity contribution in [2.75, 3.05) is 19.6 Å². The van der Waals surface area contributed by atoms with Crippen LogP contribution >= 0.6 is 0 Å². The third-order valence-corrected chi connectivity index (χ3v) is 3.60. The van der Waals surface area contributed by atoms with Crippen molar-refractivity contribution >= 4 is 0 Å². The summed E-state index contributed by atoms with van der Waals surface area (Å²) in [4.78, 5) is 0. The number of hydrogen-bond donors (Lipinski definition) is 2. The van der Waals surface area contributed by atoms with Crippen molar-refractivity contribution in [1.29, 1.82) is 0 Å². The fourth-order valence-electron chi connectivity index (χ4n) is 2.66. The van der Waals surface area contributed by atoms with Crippen LogP contribution in [0.15, 0.2) is 0 Å². The van der Waals surface area contributed by atoms with Gasteiger partial charge in [0, 0.05) is 5.54 Å². The van der Waals surface area contributed by atoms with Gasteiger partial charge >= 0.3 is 0 Å². The lowest BCUT2D eigenvalue weighted by molar-refractivity contribution is 0.213. The highest BCUT2D eigenvalue weighted by Crippen LogP contribution is 2.31. The molecule has 0 aromatic heterocycles. The van der Waals surface area contributed by atoms with Crippen LogP contribution in [-0.2, 0) is 0 Å². The fourth-order valence-corrected chi connectivity index (χ4v) is 2.66. The average Bonchev–Trinajstić information content (AvgIpc) is 2.55. The second kappa shape index (κ2) is 3.35. The molecule has 2 rings (SSSR count). The van der Waals surface area contributed by atoms with Crippen LogP contribution in [0.4, 0.5) is 0 Å². The second-order valence-electron chi connectivity index (χ2n) is 4.49. The van der Waals surface area contributed by atoms with E-state index in [-0.39, 0.29) is 0 Å². The first-order chi connectivity index (χ1) is 5.81. The lowest BCUT2D eigenvalue weighted by Crippen LogP contribution is -2.50. The molecule has 0 radical (unpaired) electrons. The summed E-state index contributed by atoms with van der Waals surface area (Å²) in [5.74, 6) is 0.869. The molecule has 2 fully saturated rings. The van der Waals surface area contributed by atoms with Gasteiger partial charge in [-0.25, -0.2) is 0 Å². The second-order valence-corrected chi connectivity index (χ2v) is 4.49.